The van der Waals surface area contributed by atoms with Crippen molar-refractivity contribution in [1.82, 2.24) is 15.5 Å². The topological polar surface area (TPSA) is 66.0 Å². The molecule has 142 valence electrons. The highest BCUT2D eigenvalue weighted by Gasteiger charge is 2.27. The van der Waals surface area contributed by atoms with Gasteiger partial charge < -0.3 is 20.3 Å². The van der Waals surface area contributed by atoms with Gasteiger partial charge in [0.05, 0.1) is 12.0 Å². The fourth-order valence-electron chi connectivity index (χ4n) is 2.04. The van der Waals surface area contributed by atoms with Crippen molar-refractivity contribution in [3.8, 4) is 5.75 Å². The molecule has 25 heavy (non-hydrogen) atoms. The molecule has 0 aliphatic heterocycles. The predicted molar refractivity (Wildman–Crippen MR) is 109 cm³/mol. The van der Waals surface area contributed by atoms with Crippen LogP contribution in [0.5, 0.6) is 5.75 Å². The zero-order valence-electron chi connectivity index (χ0n) is 15.4. The number of aliphatic imine (C=N–C) groups is 1. The van der Waals surface area contributed by atoms with Crippen LogP contribution in [0.25, 0.3) is 0 Å². The number of nitrogens with one attached hydrogen (secondary N) is 2. The van der Waals surface area contributed by atoms with Crippen LogP contribution < -0.4 is 15.4 Å². The van der Waals surface area contributed by atoms with Crippen LogP contribution in [-0.4, -0.2) is 57.6 Å². The molecule has 1 aromatic rings. The fourth-order valence-corrected chi connectivity index (χ4v) is 2.04. The quantitative estimate of drug-likeness (QED) is 0.367. The second-order valence-electron chi connectivity index (χ2n) is 6.09. The lowest BCUT2D eigenvalue weighted by molar-refractivity contribution is -0.128. The summed E-state index contributed by atoms with van der Waals surface area (Å²) in [5.74, 6) is 0.971. The minimum Gasteiger partial charge on any atom is -0.492 e. The van der Waals surface area contributed by atoms with Gasteiger partial charge in [-0.05, 0) is 38.1 Å². The van der Waals surface area contributed by atoms with E-state index in [1.54, 1.807) is 26.2 Å². The molecule has 0 aliphatic carbocycles. The summed E-state index contributed by atoms with van der Waals surface area (Å²) in [6.07, 6.45) is 0. The summed E-state index contributed by atoms with van der Waals surface area (Å²) in [6.45, 7) is 5.22. The number of guanidine groups is 1. The van der Waals surface area contributed by atoms with Crippen LogP contribution in [0.15, 0.2) is 29.3 Å². The first-order chi connectivity index (χ1) is 11.3. The molecular formula is C17H28FIN4O2. The van der Waals surface area contributed by atoms with Crippen LogP contribution in [-0.2, 0) is 4.79 Å². The van der Waals surface area contributed by atoms with Crippen molar-refractivity contribution in [2.75, 3.05) is 40.8 Å². The Labute approximate surface area is 166 Å². The van der Waals surface area contributed by atoms with Crippen molar-refractivity contribution in [1.29, 1.82) is 0 Å². The predicted octanol–water partition coefficient (Wildman–Crippen LogP) is 2.10. The lowest BCUT2D eigenvalue weighted by atomic mass is 9.92. The molecule has 1 rings (SSSR count). The van der Waals surface area contributed by atoms with Crippen molar-refractivity contribution in [2.45, 2.75) is 13.8 Å². The van der Waals surface area contributed by atoms with Crippen LogP contribution in [0, 0.1) is 11.2 Å². The minimum atomic E-state index is -0.545. The number of carbonyl (C=O) groups is 1. The number of ether oxygens (including phenoxy) is 1. The molecule has 0 heterocycles. The molecule has 0 saturated heterocycles. The van der Waals surface area contributed by atoms with Crippen molar-refractivity contribution in [3.05, 3.63) is 30.1 Å². The Bertz CT molecular complexity index is 564. The molecule has 0 saturated carbocycles. The third kappa shape index (κ3) is 7.89. The van der Waals surface area contributed by atoms with Gasteiger partial charge in [-0.1, -0.05) is 0 Å². The Kier molecular flexibility index (Phi) is 10.4. The number of amides is 1. The maximum atomic E-state index is 12.8. The van der Waals surface area contributed by atoms with E-state index in [0.29, 0.717) is 31.4 Å². The van der Waals surface area contributed by atoms with E-state index in [1.807, 2.05) is 25.8 Å². The van der Waals surface area contributed by atoms with E-state index in [4.69, 9.17) is 4.74 Å². The monoisotopic (exact) mass is 466 g/mol. The van der Waals surface area contributed by atoms with Crippen molar-refractivity contribution in [3.63, 3.8) is 0 Å². The molecule has 0 bridgehead atoms. The Morgan fingerprint density at radius 3 is 2.44 bits per heavy atom. The molecule has 0 radical (unpaired) electrons. The van der Waals surface area contributed by atoms with Gasteiger partial charge in [-0.2, -0.15) is 0 Å². The van der Waals surface area contributed by atoms with Crippen LogP contribution >= 0.6 is 24.0 Å². The Morgan fingerprint density at radius 2 is 1.92 bits per heavy atom. The van der Waals surface area contributed by atoms with Crippen molar-refractivity contribution < 1.29 is 13.9 Å². The Balaban J connectivity index is 0.00000576. The summed E-state index contributed by atoms with van der Waals surface area (Å²) < 4.78 is 18.4. The van der Waals surface area contributed by atoms with Gasteiger partial charge in [0.1, 0.15) is 18.2 Å². The molecule has 2 N–H and O–H groups in total. The first kappa shape index (κ1) is 23.4. The second kappa shape index (κ2) is 11.1. The summed E-state index contributed by atoms with van der Waals surface area (Å²) in [7, 11) is 5.20. The van der Waals surface area contributed by atoms with Gasteiger partial charge in [-0.15, -0.1) is 24.0 Å². The average Bonchev–Trinajstić information content (AvgIpc) is 2.56. The molecule has 8 heteroatoms. The van der Waals surface area contributed by atoms with E-state index >= 15 is 0 Å². The zero-order valence-corrected chi connectivity index (χ0v) is 17.8. The highest BCUT2D eigenvalue weighted by molar-refractivity contribution is 14.0. The lowest BCUT2D eigenvalue weighted by Gasteiger charge is -2.27. The summed E-state index contributed by atoms with van der Waals surface area (Å²) >= 11 is 0. The van der Waals surface area contributed by atoms with Crippen LogP contribution in [0.3, 0.4) is 0 Å². The smallest absolute Gasteiger partial charge is 0.227 e. The van der Waals surface area contributed by atoms with Gasteiger partial charge in [0.15, 0.2) is 5.96 Å². The lowest BCUT2D eigenvalue weighted by Crippen LogP contribution is -2.48. The molecule has 0 fully saturated rings. The zero-order chi connectivity index (χ0) is 18.2. The summed E-state index contributed by atoms with van der Waals surface area (Å²) in [6, 6.07) is 5.91. The van der Waals surface area contributed by atoms with E-state index in [1.165, 1.54) is 12.1 Å². The number of benzene rings is 1. The highest BCUT2D eigenvalue weighted by atomic mass is 127. The van der Waals surface area contributed by atoms with Crippen molar-refractivity contribution >= 4 is 35.8 Å². The van der Waals surface area contributed by atoms with Gasteiger partial charge in [0.25, 0.3) is 0 Å². The first-order valence-corrected chi connectivity index (χ1v) is 7.82. The van der Waals surface area contributed by atoms with Crippen LogP contribution in [0.4, 0.5) is 4.39 Å². The molecule has 0 aromatic heterocycles. The minimum absolute atomic E-state index is 0. The number of carbonyl (C=O) groups excluding carboxylic acids is 1. The van der Waals surface area contributed by atoms with E-state index in [-0.39, 0.29) is 35.7 Å². The summed E-state index contributed by atoms with van der Waals surface area (Å²) in [4.78, 5) is 17.9. The van der Waals surface area contributed by atoms with Crippen molar-refractivity contribution in [2.24, 2.45) is 10.4 Å². The summed E-state index contributed by atoms with van der Waals surface area (Å²) in [5.41, 5.74) is -0.545. The average molecular weight is 466 g/mol. The second-order valence-corrected chi connectivity index (χ2v) is 6.09. The van der Waals surface area contributed by atoms with Crippen LogP contribution in [0.1, 0.15) is 13.8 Å². The van der Waals surface area contributed by atoms with E-state index in [0.717, 1.165) is 0 Å². The Hall–Kier alpha value is -1.58. The number of rotatable bonds is 7. The third-order valence-electron chi connectivity index (χ3n) is 3.61. The maximum absolute atomic E-state index is 12.8. The van der Waals surface area contributed by atoms with Crippen LogP contribution in [0.2, 0.25) is 0 Å². The SMILES string of the molecule is CN=C(NCC(C)(C)C(=O)NC)N(C)CCOc1ccc(F)cc1.I. The largest absolute Gasteiger partial charge is 0.492 e. The van der Waals surface area contributed by atoms with E-state index in [2.05, 4.69) is 15.6 Å². The van der Waals surface area contributed by atoms with Gasteiger partial charge >= 0.3 is 0 Å². The Morgan fingerprint density at radius 1 is 1.32 bits per heavy atom. The third-order valence-corrected chi connectivity index (χ3v) is 3.61. The highest BCUT2D eigenvalue weighted by Crippen LogP contribution is 2.13. The molecule has 0 spiro atoms. The van der Waals surface area contributed by atoms with Gasteiger partial charge in [0.2, 0.25) is 5.91 Å². The molecular weight excluding hydrogens is 438 g/mol. The van der Waals surface area contributed by atoms with E-state index in [9.17, 15) is 9.18 Å². The number of hydrogen-bond acceptors (Lipinski definition) is 3. The molecule has 0 aliphatic rings. The number of likely N-dealkylation sites (N-methyl/N-ethyl adjacent to an activating group) is 1. The fraction of sp³-hybridized carbons (Fsp3) is 0.529. The number of halogens is 2. The number of nitrogens with zero attached hydrogens (tertiary/aromatic N) is 2. The normalized spacial score (nSPS) is 11.4. The van der Waals surface area contributed by atoms with Gasteiger partial charge in [0, 0.05) is 27.7 Å². The maximum Gasteiger partial charge on any atom is 0.227 e. The molecule has 1 aromatic carbocycles. The molecule has 1 amide bonds. The van der Waals surface area contributed by atoms with Gasteiger partial charge in [-0.3, -0.25) is 9.79 Å². The van der Waals surface area contributed by atoms with E-state index < -0.39 is 5.41 Å². The molecule has 0 unspecified atom stereocenters. The standard InChI is InChI=1S/C17H27FN4O2.HI/c1-17(2,15(23)19-3)12-21-16(20-4)22(5)10-11-24-14-8-6-13(18)7-9-14;/h6-9H,10-12H2,1-5H3,(H,19,23)(H,20,21);1H. The summed E-state index contributed by atoms with van der Waals surface area (Å²) in [5, 5.41) is 5.84. The molecule has 6 nitrogen and oxygen atoms in total. The number of hydrogen-bond donors (Lipinski definition) is 2. The van der Waals surface area contributed by atoms with Gasteiger partial charge in [-0.25, -0.2) is 4.39 Å². The molecule has 0 atom stereocenters. The first-order valence-electron chi connectivity index (χ1n) is 7.82.